The van der Waals surface area contributed by atoms with Crippen LogP contribution in [0.2, 0.25) is 0 Å². The van der Waals surface area contributed by atoms with Crippen molar-refractivity contribution in [2.45, 2.75) is 6.92 Å². The Bertz CT molecular complexity index is 701. The highest BCUT2D eigenvalue weighted by atomic mass is 32.1. The van der Waals surface area contributed by atoms with Gasteiger partial charge in [-0.15, -0.1) is 0 Å². The third-order valence-electron chi connectivity index (χ3n) is 2.49. The fraction of sp³-hybridized carbons (Fsp3) is 0.133. The number of esters is 1. The van der Waals surface area contributed by atoms with Gasteiger partial charge < -0.3 is 9.15 Å². The number of thiazole rings is 1. The number of rotatable bonds is 6. The van der Waals surface area contributed by atoms with E-state index in [1.165, 1.54) is 24.5 Å². The largest absolute Gasteiger partial charge is 0.465 e. The summed E-state index contributed by atoms with van der Waals surface area (Å²) in [6.07, 6.45) is 5.86. The minimum Gasteiger partial charge on any atom is -0.465 e. The summed E-state index contributed by atoms with van der Waals surface area (Å²) in [6, 6.07) is 3.45. The molecule has 0 saturated carbocycles. The van der Waals surface area contributed by atoms with Gasteiger partial charge in [0.15, 0.2) is 5.13 Å². The standard InChI is InChI=1S/C15H14N2O4S/c1-3-8-21-14(19)13-10(2)16-15(22-13)17-12(18)7-6-11-5-4-9-20-11/h3-7,9H,1,8H2,2H3,(H,16,17,18)/b7-6+. The molecule has 0 aliphatic carbocycles. The molecule has 0 aliphatic rings. The van der Waals surface area contributed by atoms with Crippen LogP contribution in [0.15, 0.2) is 41.5 Å². The summed E-state index contributed by atoms with van der Waals surface area (Å²) < 4.78 is 10.0. The summed E-state index contributed by atoms with van der Waals surface area (Å²) >= 11 is 1.06. The molecule has 7 heteroatoms. The average molecular weight is 318 g/mol. The summed E-state index contributed by atoms with van der Waals surface area (Å²) in [4.78, 5) is 28.0. The van der Waals surface area contributed by atoms with E-state index in [1.54, 1.807) is 19.1 Å². The van der Waals surface area contributed by atoms with Crippen LogP contribution in [0, 0.1) is 6.92 Å². The molecule has 0 aromatic carbocycles. The van der Waals surface area contributed by atoms with Crippen LogP contribution in [0.3, 0.4) is 0 Å². The van der Waals surface area contributed by atoms with Crippen molar-refractivity contribution in [3.63, 3.8) is 0 Å². The number of furan rings is 1. The summed E-state index contributed by atoms with van der Waals surface area (Å²) in [7, 11) is 0. The van der Waals surface area contributed by atoms with Crippen molar-refractivity contribution in [2.75, 3.05) is 11.9 Å². The molecule has 0 atom stereocenters. The topological polar surface area (TPSA) is 81.4 Å². The minimum atomic E-state index is -0.485. The first-order chi connectivity index (χ1) is 10.6. The van der Waals surface area contributed by atoms with Gasteiger partial charge in [-0.25, -0.2) is 9.78 Å². The van der Waals surface area contributed by atoms with Crippen LogP contribution >= 0.6 is 11.3 Å². The molecule has 0 bridgehead atoms. The zero-order chi connectivity index (χ0) is 15.9. The molecule has 114 valence electrons. The van der Waals surface area contributed by atoms with E-state index in [2.05, 4.69) is 16.9 Å². The van der Waals surface area contributed by atoms with Crippen LogP contribution in [-0.4, -0.2) is 23.5 Å². The molecule has 0 fully saturated rings. The number of carbonyl (C=O) groups is 2. The lowest BCUT2D eigenvalue weighted by atomic mass is 10.4. The van der Waals surface area contributed by atoms with E-state index in [0.717, 1.165) is 11.3 Å². The normalized spacial score (nSPS) is 10.6. The Morgan fingerprint density at radius 2 is 2.36 bits per heavy atom. The molecule has 22 heavy (non-hydrogen) atoms. The van der Waals surface area contributed by atoms with E-state index in [0.29, 0.717) is 21.5 Å². The number of hydrogen-bond donors (Lipinski definition) is 1. The zero-order valence-electron chi connectivity index (χ0n) is 11.9. The number of nitrogens with one attached hydrogen (secondary N) is 1. The van der Waals surface area contributed by atoms with E-state index in [9.17, 15) is 9.59 Å². The van der Waals surface area contributed by atoms with Crippen LogP contribution < -0.4 is 5.32 Å². The highest BCUT2D eigenvalue weighted by molar-refractivity contribution is 7.17. The van der Waals surface area contributed by atoms with Crippen LogP contribution in [0.5, 0.6) is 0 Å². The van der Waals surface area contributed by atoms with Gasteiger partial charge in [-0.05, 0) is 25.1 Å². The first kappa shape index (κ1) is 15.7. The number of hydrogen-bond acceptors (Lipinski definition) is 6. The zero-order valence-corrected chi connectivity index (χ0v) is 12.7. The number of carbonyl (C=O) groups excluding carboxylic acids is 2. The Balaban J connectivity index is 2.00. The Morgan fingerprint density at radius 3 is 3.05 bits per heavy atom. The fourth-order valence-electron chi connectivity index (χ4n) is 1.53. The molecule has 6 nitrogen and oxygen atoms in total. The lowest BCUT2D eigenvalue weighted by molar-refractivity contribution is -0.111. The maximum atomic E-state index is 11.8. The maximum absolute atomic E-state index is 11.8. The summed E-state index contributed by atoms with van der Waals surface area (Å²) in [6.45, 7) is 5.28. The Hall–Kier alpha value is -2.67. The molecular weight excluding hydrogens is 304 g/mol. The van der Waals surface area contributed by atoms with Gasteiger partial charge in [0.2, 0.25) is 5.91 Å². The van der Waals surface area contributed by atoms with Crippen molar-refractivity contribution in [1.82, 2.24) is 4.98 Å². The second kappa shape index (κ2) is 7.37. The van der Waals surface area contributed by atoms with Crippen LogP contribution in [0.4, 0.5) is 5.13 Å². The van der Waals surface area contributed by atoms with Gasteiger partial charge in [0.05, 0.1) is 12.0 Å². The molecule has 0 saturated heterocycles. The van der Waals surface area contributed by atoms with Crippen molar-refractivity contribution < 1.29 is 18.7 Å². The summed E-state index contributed by atoms with van der Waals surface area (Å²) in [5.74, 6) is -0.281. The maximum Gasteiger partial charge on any atom is 0.350 e. The highest BCUT2D eigenvalue weighted by Crippen LogP contribution is 2.23. The van der Waals surface area contributed by atoms with Crippen LogP contribution in [-0.2, 0) is 9.53 Å². The summed E-state index contributed by atoms with van der Waals surface area (Å²) in [5, 5.41) is 2.92. The van der Waals surface area contributed by atoms with Gasteiger partial charge in [0.1, 0.15) is 17.2 Å². The van der Waals surface area contributed by atoms with E-state index < -0.39 is 5.97 Å². The number of aromatic nitrogens is 1. The number of aryl methyl sites for hydroxylation is 1. The second-order valence-corrected chi connectivity index (χ2v) is 5.16. The number of anilines is 1. The van der Waals surface area contributed by atoms with E-state index in [-0.39, 0.29) is 12.5 Å². The molecule has 2 aromatic heterocycles. The predicted molar refractivity (Wildman–Crippen MR) is 83.7 cm³/mol. The Morgan fingerprint density at radius 1 is 1.55 bits per heavy atom. The first-order valence-electron chi connectivity index (χ1n) is 6.38. The molecule has 0 unspecified atom stereocenters. The molecule has 2 rings (SSSR count). The van der Waals surface area contributed by atoms with Gasteiger partial charge in [0, 0.05) is 6.08 Å². The molecule has 0 spiro atoms. The molecule has 0 aliphatic heterocycles. The SMILES string of the molecule is C=CCOC(=O)c1sc(NC(=O)/C=C/c2ccco2)nc1C. The third kappa shape index (κ3) is 4.16. The van der Waals surface area contributed by atoms with Gasteiger partial charge in [-0.2, -0.15) is 0 Å². The van der Waals surface area contributed by atoms with Gasteiger partial charge in [-0.3, -0.25) is 10.1 Å². The van der Waals surface area contributed by atoms with E-state index in [4.69, 9.17) is 9.15 Å². The number of amides is 1. The quantitative estimate of drug-likeness (QED) is 0.503. The van der Waals surface area contributed by atoms with Crippen molar-refractivity contribution in [3.8, 4) is 0 Å². The Labute approximate surface area is 131 Å². The fourth-order valence-corrected chi connectivity index (χ4v) is 2.39. The molecular formula is C15H14N2O4S. The van der Waals surface area contributed by atoms with Crippen molar-refractivity contribution in [1.29, 1.82) is 0 Å². The van der Waals surface area contributed by atoms with Gasteiger partial charge >= 0.3 is 5.97 Å². The minimum absolute atomic E-state index is 0.129. The predicted octanol–water partition coefficient (Wildman–Crippen LogP) is 3.04. The average Bonchev–Trinajstić information content (AvgIpc) is 3.12. The lowest BCUT2D eigenvalue weighted by Crippen LogP contribution is -2.07. The van der Waals surface area contributed by atoms with Gasteiger partial charge in [-0.1, -0.05) is 24.0 Å². The van der Waals surface area contributed by atoms with Crippen molar-refractivity contribution >= 4 is 34.4 Å². The van der Waals surface area contributed by atoms with E-state index >= 15 is 0 Å². The molecule has 1 N–H and O–H groups in total. The summed E-state index contributed by atoms with van der Waals surface area (Å²) in [5.41, 5.74) is 0.504. The monoisotopic (exact) mass is 318 g/mol. The molecule has 1 amide bonds. The molecule has 0 radical (unpaired) electrons. The lowest BCUT2D eigenvalue weighted by Gasteiger charge is -1.98. The third-order valence-corrected chi connectivity index (χ3v) is 3.54. The van der Waals surface area contributed by atoms with Crippen molar-refractivity contribution in [2.24, 2.45) is 0 Å². The first-order valence-corrected chi connectivity index (χ1v) is 7.20. The van der Waals surface area contributed by atoms with Crippen LogP contribution in [0.25, 0.3) is 6.08 Å². The second-order valence-electron chi connectivity index (χ2n) is 4.16. The van der Waals surface area contributed by atoms with Crippen molar-refractivity contribution in [3.05, 3.63) is 53.5 Å². The van der Waals surface area contributed by atoms with Crippen LogP contribution in [0.1, 0.15) is 21.1 Å². The van der Waals surface area contributed by atoms with E-state index in [1.807, 2.05) is 0 Å². The molecule has 2 aromatic rings. The molecule has 2 heterocycles. The number of ether oxygens (including phenoxy) is 1. The van der Waals surface area contributed by atoms with Gasteiger partial charge in [0.25, 0.3) is 0 Å². The highest BCUT2D eigenvalue weighted by Gasteiger charge is 2.17. The smallest absolute Gasteiger partial charge is 0.350 e. The Kier molecular flexibility index (Phi) is 5.26. The number of nitrogens with zero attached hydrogens (tertiary/aromatic N) is 1.